The number of amides is 2. The minimum absolute atomic E-state index is 0.262. The number of hydrogen-bond acceptors (Lipinski definition) is 6. The predicted molar refractivity (Wildman–Crippen MR) is 106 cm³/mol. The van der Waals surface area contributed by atoms with Gasteiger partial charge in [-0.25, -0.2) is 4.68 Å². The van der Waals surface area contributed by atoms with Crippen LogP contribution in [0, 0.1) is 0 Å². The number of tetrazole rings is 1. The molecule has 9 heteroatoms. The summed E-state index contributed by atoms with van der Waals surface area (Å²) >= 11 is 1.43. The highest BCUT2D eigenvalue weighted by atomic mass is 32.1. The number of benzene rings is 2. The van der Waals surface area contributed by atoms with Crippen molar-refractivity contribution in [3.8, 4) is 5.69 Å². The summed E-state index contributed by atoms with van der Waals surface area (Å²) in [5.41, 5.74) is 2.64. The zero-order valence-electron chi connectivity index (χ0n) is 14.4. The highest BCUT2D eigenvalue weighted by molar-refractivity contribution is 7.08. The van der Waals surface area contributed by atoms with Crippen molar-refractivity contribution in [1.29, 1.82) is 0 Å². The van der Waals surface area contributed by atoms with Crippen LogP contribution in [-0.4, -0.2) is 32.0 Å². The second kappa shape index (κ2) is 7.80. The number of para-hydroxylation sites is 1. The third-order valence-electron chi connectivity index (χ3n) is 3.92. The van der Waals surface area contributed by atoms with Crippen LogP contribution < -0.4 is 10.6 Å². The number of nitrogens with zero attached hydrogens (tertiary/aromatic N) is 4. The molecule has 138 valence electrons. The van der Waals surface area contributed by atoms with Gasteiger partial charge in [0, 0.05) is 11.1 Å². The van der Waals surface area contributed by atoms with Gasteiger partial charge in [0.25, 0.3) is 11.8 Å². The summed E-state index contributed by atoms with van der Waals surface area (Å²) in [6.45, 7) is 0. The second-order valence-electron chi connectivity index (χ2n) is 5.77. The number of aromatic nitrogens is 4. The molecule has 28 heavy (non-hydrogen) atoms. The average molecular weight is 390 g/mol. The van der Waals surface area contributed by atoms with E-state index in [1.54, 1.807) is 53.9 Å². The van der Waals surface area contributed by atoms with Gasteiger partial charge in [-0.2, -0.15) is 11.3 Å². The molecule has 2 heterocycles. The smallest absolute Gasteiger partial charge is 0.257 e. The Labute approximate surface area is 163 Å². The number of carbonyl (C=O) groups excluding carboxylic acids is 2. The van der Waals surface area contributed by atoms with Crippen molar-refractivity contribution in [2.24, 2.45) is 0 Å². The molecular formula is C19H14N6O2S. The quantitative estimate of drug-likeness (QED) is 0.545. The molecule has 0 fully saturated rings. The Kier molecular flexibility index (Phi) is 4.89. The Balaban J connectivity index is 1.54. The first kappa shape index (κ1) is 17.6. The third kappa shape index (κ3) is 3.79. The molecule has 0 aliphatic heterocycles. The van der Waals surface area contributed by atoms with Gasteiger partial charge in [-0.3, -0.25) is 9.59 Å². The van der Waals surface area contributed by atoms with Crippen LogP contribution >= 0.6 is 11.3 Å². The highest BCUT2D eigenvalue weighted by Crippen LogP contribution is 2.20. The largest absolute Gasteiger partial charge is 0.322 e. The lowest BCUT2D eigenvalue weighted by Gasteiger charge is -2.11. The summed E-state index contributed by atoms with van der Waals surface area (Å²) in [6, 6.07) is 15.7. The molecule has 8 nitrogen and oxygen atoms in total. The van der Waals surface area contributed by atoms with E-state index in [1.165, 1.54) is 22.3 Å². The van der Waals surface area contributed by atoms with Gasteiger partial charge in [-0.05, 0) is 52.2 Å². The third-order valence-corrected chi connectivity index (χ3v) is 4.60. The molecule has 0 atom stereocenters. The maximum atomic E-state index is 12.8. The SMILES string of the molecule is O=C(Nc1ccccc1C(=O)Nc1cccc(-n2cnnn2)c1)c1ccsc1. The van der Waals surface area contributed by atoms with Crippen molar-refractivity contribution >= 4 is 34.5 Å². The van der Waals surface area contributed by atoms with E-state index < -0.39 is 0 Å². The summed E-state index contributed by atoms with van der Waals surface area (Å²) in [4.78, 5) is 25.1. The van der Waals surface area contributed by atoms with E-state index in [9.17, 15) is 9.59 Å². The van der Waals surface area contributed by atoms with Crippen LogP contribution in [-0.2, 0) is 0 Å². The Bertz CT molecular complexity index is 1110. The summed E-state index contributed by atoms with van der Waals surface area (Å²) in [7, 11) is 0. The van der Waals surface area contributed by atoms with Gasteiger partial charge in [0.05, 0.1) is 22.5 Å². The number of nitrogens with one attached hydrogen (secondary N) is 2. The predicted octanol–water partition coefficient (Wildman–Crippen LogP) is 3.23. The lowest BCUT2D eigenvalue weighted by molar-refractivity contribution is 0.102. The zero-order valence-corrected chi connectivity index (χ0v) is 15.3. The van der Waals surface area contributed by atoms with Gasteiger partial charge in [-0.15, -0.1) is 5.10 Å². The van der Waals surface area contributed by atoms with E-state index in [0.717, 1.165) is 0 Å². The van der Waals surface area contributed by atoms with Gasteiger partial charge in [0.2, 0.25) is 0 Å². The molecule has 0 aliphatic carbocycles. The van der Waals surface area contributed by atoms with E-state index in [1.807, 2.05) is 11.4 Å². The van der Waals surface area contributed by atoms with Crippen LogP contribution in [0.15, 0.2) is 71.7 Å². The lowest BCUT2D eigenvalue weighted by atomic mass is 10.1. The lowest BCUT2D eigenvalue weighted by Crippen LogP contribution is -2.18. The number of rotatable bonds is 5. The van der Waals surface area contributed by atoms with E-state index in [-0.39, 0.29) is 11.8 Å². The number of thiophene rings is 1. The second-order valence-corrected chi connectivity index (χ2v) is 6.55. The number of carbonyl (C=O) groups is 2. The minimum Gasteiger partial charge on any atom is -0.322 e. The van der Waals surface area contributed by atoms with Crippen LogP contribution in [0.25, 0.3) is 5.69 Å². The molecule has 0 saturated heterocycles. The van der Waals surface area contributed by atoms with Gasteiger partial charge < -0.3 is 10.6 Å². The molecule has 0 spiro atoms. The van der Waals surface area contributed by atoms with E-state index in [4.69, 9.17) is 0 Å². The summed E-state index contributed by atoms with van der Waals surface area (Å²) in [5.74, 6) is -0.600. The summed E-state index contributed by atoms with van der Waals surface area (Å²) in [5, 5.41) is 20.2. The maximum Gasteiger partial charge on any atom is 0.257 e. The standard InChI is InChI=1S/C19H14N6O2S/c26-18(13-8-9-28-11-13)22-17-7-2-1-6-16(17)19(27)21-14-4-3-5-15(10-14)25-12-20-23-24-25/h1-12H,(H,21,27)(H,22,26). The van der Waals surface area contributed by atoms with Crippen molar-refractivity contribution in [2.75, 3.05) is 10.6 Å². The fourth-order valence-corrected chi connectivity index (χ4v) is 3.22. The van der Waals surface area contributed by atoms with Crippen molar-refractivity contribution in [2.45, 2.75) is 0 Å². The van der Waals surface area contributed by atoms with Crippen LogP contribution in [0.4, 0.5) is 11.4 Å². The molecule has 0 unspecified atom stereocenters. The molecule has 0 radical (unpaired) electrons. The van der Waals surface area contributed by atoms with E-state index in [2.05, 4.69) is 26.2 Å². The highest BCUT2D eigenvalue weighted by Gasteiger charge is 2.15. The van der Waals surface area contributed by atoms with Crippen LogP contribution in [0.1, 0.15) is 20.7 Å². The molecule has 0 bridgehead atoms. The van der Waals surface area contributed by atoms with Gasteiger partial charge in [0.15, 0.2) is 0 Å². The minimum atomic E-state index is -0.338. The van der Waals surface area contributed by atoms with Crippen LogP contribution in [0.3, 0.4) is 0 Å². The zero-order chi connectivity index (χ0) is 19.3. The Morgan fingerprint density at radius 3 is 2.64 bits per heavy atom. The topological polar surface area (TPSA) is 102 Å². The molecule has 0 saturated carbocycles. The molecular weight excluding hydrogens is 376 g/mol. The summed E-state index contributed by atoms with van der Waals surface area (Å²) < 4.78 is 1.49. The average Bonchev–Trinajstić information content (AvgIpc) is 3.43. The molecule has 2 aromatic heterocycles. The molecule has 0 aliphatic rings. The molecule has 4 aromatic rings. The van der Waals surface area contributed by atoms with Crippen molar-refractivity contribution in [1.82, 2.24) is 20.2 Å². The van der Waals surface area contributed by atoms with E-state index >= 15 is 0 Å². The monoisotopic (exact) mass is 390 g/mol. The molecule has 2 N–H and O–H groups in total. The Hall–Kier alpha value is -3.85. The van der Waals surface area contributed by atoms with Crippen molar-refractivity contribution < 1.29 is 9.59 Å². The molecule has 2 amide bonds. The first-order valence-corrected chi connectivity index (χ1v) is 9.22. The van der Waals surface area contributed by atoms with Crippen LogP contribution in [0.2, 0.25) is 0 Å². The van der Waals surface area contributed by atoms with Gasteiger partial charge in [-0.1, -0.05) is 18.2 Å². The normalized spacial score (nSPS) is 10.4. The Morgan fingerprint density at radius 1 is 0.964 bits per heavy atom. The summed E-state index contributed by atoms with van der Waals surface area (Å²) in [6.07, 6.45) is 1.47. The first-order chi connectivity index (χ1) is 13.7. The van der Waals surface area contributed by atoms with E-state index in [0.29, 0.717) is 28.2 Å². The Morgan fingerprint density at radius 2 is 1.86 bits per heavy atom. The number of anilines is 2. The fraction of sp³-hybridized carbons (Fsp3) is 0. The molecule has 4 rings (SSSR count). The fourth-order valence-electron chi connectivity index (χ4n) is 2.58. The van der Waals surface area contributed by atoms with Crippen molar-refractivity contribution in [3.63, 3.8) is 0 Å². The first-order valence-electron chi connectivity index (χ1n) is 8.28. The maximum absolute atomic E-state index is 12.8. The van der Waals surface area contributed by atoms with Gasteiger partial charge >= 0.3 is 0 Å². The van der Waals surface area contributed by atoms with Gasteiger partial charge in [0.1, 0.15) is 6.33 Å². The number of hydrogen-bond donors (Lipinski definition) is 2. The molecule has 2 aromatic carbocycles. The van der Waals surface area contributed by atoms with Crippen LogP contribution in [0.5, 0.6) is 0 Å². The van der Waals surface area contributed by atoms with Crippen molar-refractivity contribution in [3.05, 3.63) is 82.8 Å².